The Hall–Kier alpha value is -0.900. The summed E-state index contributed by atoms with van der Waals surface area (Å²) in [5.41, 5.74) is 4.41. The molecule has 3 rings (SSSR count). The van der Waals surface area contributed by atoms with Crippen LogP contribution in [0.15, 0.2) is 18.2 Å². The second kappa shape index (κ2) is 6.91. The van der Waals surface area contributed by atoms with E-state index in [1.54, 1.807) is 0 Å². The zero-order valence-electron chi connectivity index (χ0n) is 13.1. The van der Waals surface area contributed by atoms with E-state index in [-0.39, 0.29) is 6.10 Å². The molecule has 0 spiro atoms. The third-order valence-corrected chi connectivity index (χ3v) is 4.95. The molecule has 2 N–H and O–H groups in total. The summed E-state index contributed by atoms with van der Waals surface area (Å²) in [7, 11) is 0. The van der Waals surface area contributed by atoms with Gasteiger partial charge in [-0.1, -0.05) is 18.2 Å². The summed E-state index contributed by atoms with van der Waals surface area (Å²) in [5.74, 6) is 0. The average Bonchev–Trinajstić information content (AvgIpc) is 3.14. The first-order valence-electron chi connectivity index (χ1n) is 8.48. The second-order valence-corrected chi connectivity index (χ2v) is 6.67. The van der Waals surface area contributed by atoms with Crippen molar-refractivity contribution in [2.24, 2.45) is 0 Å². The van der Waals surface area contributed by atoms with Crippen molar-refractivity contribution in [1.29, 1.82) is 0 Å². The van der Waals surface area contributed by atoms with Gasteiger partial charge in [0.1, 0.15) is 0 Å². The quantitative estimate of drug-likeness (QED) is 0.843. The number of β-amino-alcohol motifs (C(OH)–C–C–N with tert-alkyl or cyclic N) is 1. The van der Waals surface area contributed by atoms with E-state index in [2.05, 4.69) is 35.3 Å². The van der Waals surface area contributed by atoms with Gasteiger partial charge in [0, 0.05) is 19.1 Å². The first kappa shape index (κ1) is 15.0. The molecule has 0 saturated carbocycles. The fourth-order valence-corrected chi connectivity index (χ4v) is 3.62. The predicted octanol–water partition coefficient (Wildman–Crippen LogP) is 2.28. The van der Waals surface area contributed by atoms with Crippen LogP contribution < -0.4 is 5.32 Å². The molecule has 0 bridgehead atoms. The summed E-state index contributed by atoms with van der Waals surface area (Å²) in [4.78, 5) is 2.37. The molecule has 1 heterocycles. The van der Waals surface area contributed by atoms with E-state index >= 15 is 0 Å². The maximum absolute atomic E-state index is 10.2. The minimum Gasteiger partial charge on any atom is -0.390 e. The zero-order valence-corrected chi connectivity index (χ0v) is 13.1. The molecule has 2 unspecified atom stereocenters. The van der Waals surface area contributed by atoms with Crippen LogP contribution in [0.25, 0.3) is 0 Å². The number of likely N-dealkylation sites (tertiary alicyclic amines) is 1. The van der Waals surface area contributed by atoms with Gasteiger partial charge in [-0.25, -0.2) is 0 Å². The summed E-state index contributed by atoms with van der Waals surface area (Å²) < 4.78 is 0. The van der Waals surface area contributed by atoms with E-state index in [1.165, 1.54) is 48.8 Å². The van der Waals surface area contributed by atoms with Gasteiger partial charge < -0.3 is 15.3 Å². The molecule has 2 aliphatic rings. The Morgan fingerprint density at radius 1 is 1.14 bits per heavy atom. The molecule has 2 atom stereocenters. The highest BCUT2D eigenvalue weighted by Gasteiger charge is 2.17. The van der Waals surface area contributed by atoms with Crippen molar-refractivity contribution in [2.45, 2.75) is 51.2 Å². The lowest BCUT2D eigenvalue weighted by molar-refractivity contribution is 0.121. The normalized spacial score (nSPS) is 21.4. The summed E-state index contributed by atoms with van der Waals surface area (Å²) in [5, 5.41) is 13.6. The molecule has 21 heavy (non-hydrogen) atoms. The minimum absolute atomic E-state index is 0.264. The van der Waals surface area contributed by atoms with Crippen molar-refractivity contribution < 1.29 is 5.11 Å². The van der Waals surface area contributed by atoms with Gasteiger partial charge in [-0.05, 0) is 68.8 Å². The van der Waals surface area contributed by atoms with E-state index in [1.807, 2.05) is 0 Å². The standard InChI is InChI=1S/C18H28N2O/c1-14(16-8-7-15-5-4-6-17(15)11-16)19-12-18(21)13-20-9-2-3-10-20/h7-8,11,14,18-19,21H,2-6,9-10,12-13H2,1H3. The molecule has 1 fully saturated rings. The first-order chi connectivity index (χ1) is 10.2. The SMILES string of the molecule is CC(NCC(O)CN1CCCC1)c1ccc2c(c1)CCC2. The molecule has 1 aliphatic carbocycles. The topological polar surface area (TPSA) is 35.5 Å². The van der Waals surface area contributed by atoms with Crippen LogP contribution in [0, 0.1) is 0 Å². The number of benzene rings is 1. The van der Waals surface area contributed by atoms with Crippen molar-refractivity contribution in [3.63, 3.8) is 0 Å². The van der Waals surface area contributed by atoms with Gasteiger partial charge in [-0.15, -0.1) is 0 Å². The Bertz CT molecular complexity index is 468. The minimum atomic E-state index is -0.264. The highest BCUT2D eigenvalue weighted by molar-refractivity contribution is 5.36. The number of hydrogen-bond acceptors (Lipinski definition) is 3. The number of aryl methyl sites for hydroxylation is 2. The third kappa shape index (κ3) is 3.85. The summed E-state index contributed by atoms with van der Waals surface area (Å²) in [6.45, 7) is 5.98. The summed E-state index contributed by atoms with van der Waals surface area (Å²) in [6.07, 6.45) is 6.08. The largest absolute Gasteiger partial charge is 0.390 e. The van der Waals surface area contributed by atoms with Crippen LogP contribution in [0.2, 0.25) is 0 Å². The van der Waals surface area contributed by atoms with Crippen LogP contribution in [0.5, 0.6) is 0 Å². The van der Waals surface area contributed by atoms with E-state index in [0.717, 1.165) is 19.6 Å². The molecule has 3 heteroatoms. The molecule has 0 amide bonds. The van der Waals surface area contributed by atoms with Crippen molar-refractivity contribution in [1.82, 2.24) is 10.2 Å². The Labute approximate surface area is 128 Å². The van der Waals surface area contributed by atoms with E-state index < -0.39 is 0 Å². The molecule has 1 saturated heterocycles. The summed E-state index contributed by atoms with van der Waals surface area (Å²) >= 11 is 0. The Morgan fingerprint density at radius 2 is 1.90 bits per heavy atom. The maximum atomic E-state index is 10.2. The van der Waals surface area contributed by atoms with E-state index in [4.69, 9.17) is 0 Å². The summed E-state index contributed by atoms with van der Waals surface area (Å²) in [6, 6.07) is 7.20. The Morgan fingerprint density at radius 3 is 2.71 bits per heavy atom. The van der Waals surface area contributed by atoms with Crippen LogP contribution >= 0.6 is 0 Å². The average molecular weight is 288 g/mol. The van der Waals surface area contributed by atoms with E-state index in [9.17, 15) is 5.11 Å². The molecular weight excluding hydrogens is 260 g/mol. The number of aliphatic hydroxyl groups excluding tert-OH is 1. The van der Waals surface area contributed by atoms with Crippen LogP contribution in [0.1, 0.15) is 48.9 Å². The Balaban J connectivity index is 1.48. The van der Waals surface area contributed by atoms with Crippen LogP contribution in [-0.4, -0.2) is 42.3 Å². The van der Waals surface area contributed by atoms with Crippen molar-refractivity contribution in [3.8, 4) is 0 Å². The van der Waals surface area contributed by atoms with Gasteiger partial charge in [0.05, 0.1) is 6.10 Å². The number of hydrogen-bond donors (Lipinski definition) is 2. The number of nitrogens with zero attached hydrogens (tertiary/aromatic N) is 1. The van der Waals surface area contributed by atoms with Crippen molar-refractivity contribution in [3.05, 3.63) is 34.9 Å². The lowest BCUT2D eigenvalue weighted by atomic mass is 10.0. The molecule has 116 valence electrons. The molecule has 0 radical (unpaired) electrons. The molecule has 1 aliphatic heterocycles. The van der Waals surface area contributed by atoms with Gasteiger partial charge in [-0.2, -0.15) is 0 Å². The van der Waals surface area contributed by atoms with Gasteiger partial charge >= 0.3 is 0 Å². The van der Waals surface area contributed by atoms with Gasteiger partial charge in [0.2, 0.25) is 0 Å². The van der Waals surface area contributed by atoms with Gasteiger partial charge in [0.25, 0.3) is 0 Å². The lowest BCUT2D eigenvalue weighted by Gasteiger charge is -2.22. The molecule has 0 aromatic heterocycles. The van der Waals surface area contributed by atoms with Crippen LogP contribution in [-0.2, 0) is 12.8 Å². The number of aliphatic hydroxyl groups is 1. The Kier molecular flexibility index (Phi) is 4.94. The third-order valence-electron chi connectivity index (χ3n) is 4.95. The highest BCUT2D eigenvalue weighted by Crippen LogP contribution is 2.25. The predicted molar refractivity (Wildman–Crippen MR) is 86.6 cm³/mol. The highest BCUT2D eigenvalue weighted by atomic mass is 16.3. The van der Waals surface area contributed by atoms with Crippen molar-refractivity contribution >= 4 is 0 Å². The molecule has 3 nitrogen and oxygen atoms in total. The molecule has 1 aromatic rings. The molecular formula is C18H28N2O. The molecule has 1 aromatic carbocycles. The maximum Gasteiger partial charge on any atom is 0.0791 e. The van der Waals surface area contributed by atoms with Crippen LogP contribution in [0.3, 0.4) is 0 Å². The smallest absolute Gasteiger partial charge is 0.0791 e. The lowest BCUT2D eigenvalue weighted by Crippen LogP contribution is -2.37. The van der Waals surface area contributed by atoms with Gasteiger partial charge in [0.15, 0.2) is 0 Å². The number of nitrogens with one attached hydrogen (secondary N) is 1. The number of fused-ring (bicyclic) bond motifs is 1. The second-order valence-electron chi connectivity index (χ2n) is 6.67. The fraction of sp³-hybridized carbons (Fsp3) is 0.667. The van der Waals surface area contributed by atoms with E-state index in [0.29, 0.717) is 12.6 Å². The van der Waals surface area contributed by atoms with Crippen molar-refractivity contribution in [2.75, 3.05) is 26.2 Å². The number of rotatable bonds is 6. The first-order valence-corrected chi connectivity index (χ1v) is 8.48. The monoisotopic (exact) mass is 288 g/mol. The van der Waals surface area contributed by atoms with Crippen LogP contribution in [0.4, 0.5) is 0 Å². The zero-order chi connectivity index (χ0) is 14.7. The van der Waals surface area contributed by atoms with Gasteiger partial charge in [-0.3, -0.25) is 0 Å². The fourth-order valence-electron chi connectivity index (χ4n) is 3.62.